The highest BCUT2D eigenvalue weighted by atomic mass is 32.2. The lowest BCUT2D eigenvalue weighted by molar-refractivity contribution is -0.121. The average molecular weight is 414 g/mol. The lowest BCUT2D eigenvalue weighted by atomic mass is 9.90. The summed E-state index contributed by atoms with van der Waals surface area (Å²) in [7, 11) is -3.81. The number of imide groups is 1. The summed E-state index contributed by atoms with van der Waals surface area (Å²) in [5, 5.41) is 0. The third kappa shape index (κ3) is 3.77. The smallest absolute Gasteiger partial charge is 0.241 e. The Morgan fingerprint density at radius 2 is 1.62 bits per heavy atom. The van der Waals surface area contributed by atoms with Gasteiger partial charge in [0.2, 0.25) is 21.8 Å². The van der Waals surface area contributed by atoms with Crippen LogP contribution < -0.4 is 14.4 Å². The second-order valence-corrected chi connectivity index (χ2v) is 9.61. The zero-order chi connectivity index (χ0) is 20.8. The van der Waals surface area contributed by atoms with Crippen molar-refractivity contribution in [2.45, 2.75) is 49.6 Å². The number of para-hydroxylation sites is 1. The average Bonchev–Trinajstić information content (AvgIpc) is 2.99. The molecule has 2 amide bonds. The van der Waals surface area contributed by atoms with E-state index in [2.05, 4.69) is 4.72 Å². The van der Waals surface area contributed by atoms with E-state index in [4.69, 9.17) is 4.74 Å². The van der Waals surface area contributed by atoms with Gasteiger partial charge in [0, 0.05) is 24.8 Å². The Balaban J connectivity index is 1.59. The Morgan fingerprint density at radius 3 is 2.28 bits per heavy atom. The minimum absolute atomic E-state index is 0.0714. The van der Waals surface area contributed by atoms with E-state index in [-0.39, 0.29) is 29.6 Å². The molecule has 152 valence electrons. The van der Waals surface area contributed by atoms with Gasteiger partial charge in [-0.15, -0.1) is 0 Å². The summed E-state index contributed by atoms with van der Waals surface area (Å²) in [5.41, 5.74) is 0.663. The number of nitrogens with zero attached hydrogens (tertiary/aromatic N) is 1. The molecule has 2 aliphatic rings. The number of carbonyl (C=O) groups excluding carboxylic acids is 2. The molecule has 0 radical (unpaired) electrons. The summed E-state index contributed by atoms with van der Waals surface area (Å²) in [6, 6.07) is 12.7. The first kappa shape index (κ1) is 19.6. The van der Waals surface area contributed by atoms with E-state index in [9.17, 15) is 18.0 Å². The van der Waals surface area contributed by atoms with Crippen LogP contribution in [0.25, 0.3) is 0 Å². The Morgan fingerprint density at radius 1 is 1.00 bits per heavy atom. The maximum Gasteiger partial charge on any atom is 0.241 e. The van der Waals surface area contributed by atoms with Gasteiger partial charge in [0.05, 0.1) is 16.6 Å². The van der Waals surface area contributed by atoms with Crippen molar-refractivity contribution < 1.29 is 22.7 Å². The monoisotopic (exact) mass is 414 g/mol. The lowest BCUT2D eigenvalue weighted by Crippen LogP contribution is -2.41. The number of nitrogens with one attached hydrogen (secondary N) is 1. The highest BCUT2D eigenvalue weighted by molar-refractivity contribution is 7.89. The molecule has 29 heavy (non-hydrogen) atoms. The van der Waals surface area contributed by atoms with Crippen molar-refractivity contribution in [1.82, 2.24) is 4.72 Å². The molecule has 0 unspecified atom stereocenters. The number of carbonyl (C=O) groups is 2. The van der Waals surface area contributed by atoms with Gasteiger partial charge in [-0.1, -0.05) is 18.2 Å². The van der Waals surface area contributed by atoms with E-state index in [1.165, 1.54) is 24.3 Å². The highest BCUT2D eigenvalue weighted by Crippen LogP contribution is 2.40. The molecular formula is C21H22N2O5S. The van der Waals surface area contributed by atoms with Crippen LogP contribution in [0.15, 0.2) is 53.4 Å². The number of fused-ring (bicyclic) bond motifs is 1. The van der Waals surface area contributed by atoms with Gasteiger partial charge < -0.3 is 4.74 Å². The number of sulfonamides is 1. The predicted octanol–water partition coefficient (Wildman–Crippen LogP) is 2.92. The van der Waals surface area contributed by atoms with Crippen LogP contribution >= 0.6 is 0 Å². The van der Waals surface area contributed by atoms with Gasteiger partial charge in [-0.25, -0.2) is 13.1 Å². The minimum Gasteiger partial charge on any atom is -0.487 e. The quantitative estimate of drug-likeness (QED) is 0.777. The Bertz CT molecular complexity index is 1060. The maximum absolute atomic E-state index is 13.0. The number of rotatable bonds is 4. The molecule has 2 aromatic rings. The zero-order valence-corrected chi connectivity index (χ0v) is 17.0. The first-order chi connectivity index (χ1) is 13.7. The number of amides is 2. The zero-order valence-electron chi connectivity index (χ0n) is 16.2. The number of anilines is 1. The third-order valence-corrected chi connectivity index (χ3v) is 6.62. The van der Waals surface area contributed by atoms with E-state index >= 15 is 0 Å². The molecule has 2 heterocycles. The number of hydrogen-bond acceptors (Lipinski definition) is 5. The van der Waals surface area contributed by atoms with E-state index in [0.717, 1.165) is 10.5 Å². The Hall–Kier alpha value is -2.71. The van der Waals surface area contributed by atoms with Gasteiger partial charge in [-0.2, -0.15) is 0 Å². The summed E-state index contributed by atoms with van der Waals surface area (Å²) in [6.07, 6.45) is 0.844. The van der Waals surface area contributed by atoms with Crippen molar-refractivity contribution in [1.29, 1.82) is 0 Å². The maximum atomic E-state index is 13.0. The van der Waals surface area contributed by atoms with E-state index in [0.29, 0.717) is 17.9 Å². The molecule has 1 atom stereocenters. The fourth-order valence-electron chi connectivity index (χ4n) is 3.80. The van der Waals surface area contributed by atoms with Crippen molar-refractivity contribution in [2.75, 3.05) is 4.90 Å². The highest BCUT2D eigenvalue weighted by Gasteiger charge is 2.36. The third-order valence-electron chi connectivity index (χ3n) is 5.13. The van der Waals surface area contributed by atoms with Gasteiger partial charge in [-0.3, -0.25) is 14.5 Å². The van der Waals surface area contributed by atoms with Crippen molar-refractivity contribution in [3.63, 3.8) is 0 Å². The molecule has 7 nitrogen and oxygen atoms in total. The Kier molecular flexibility index (Phi) is 4.71. The Labute approximate surface area is 169 Å². The molecule has 1 saturated heterocycles. The molecule has 2 aromatic carbocycles. The summed E-state index contributed by atoms with van der Waals surface area (Å²) >= 11 is 0. The standard InChI is InChI=1S/C21H22N2O5S/c1-21(2)13-17(16-5-3-4-6-18(16)28-21)22-29(26,27)15-9-7-14(8-10-15)23-19(24)11-12-20(23)25/h3-10,17,22H,11-13H2,1-2H3/t17-/m0/s1. The van der Waals surface area contributed by atoms with Gasteiger partial charge >= 0.3 is 0 Å². The van der Waals surface area contributed by atoms with Crippen LogP contribution in [0.4, 0.5) is 5.69 Å². The van der Waals surface area contributed by atoms with Gasteiger partial charge in [0.1, 0.15) is 11.4 Å². The van der Waals surface area contributed by atoms with Crippen LogP contribution in [0.1, 0.15) is 44.7 Å². The van der Waals surface area contributed by atoms with Gasteiger partial charge in [0.25, 0.3) is 0 Å². The van der Waals surface area contributed by atoms with Crippen molar-refractivity contribution >= 4 is 27.5 Å². The topological polar surface area (TPSA) is 92.8 Å². The number of hydrogen-bond donors (Lipinski definition) is 1. The molecule has 1 fully saturated rings. The fraction of sp³-hybridized carbons (Fsp3) is 0.333. The summed E-state index contributed by atoms with van der Waals surface area (Å²) in [6.45, 7) is 3.84. The van der Waals surface area contributed by atoms with Gasteiger partial charge in [-0.05, 0) is 44.2 Å². The van der Waals surface area contributed by atoms with E-state index in [1.807, 2.05) is 38.1 Å². The first-order valence-corrected chi connectivity index (χ1v) is 10.9. The van der Waals surface area contributed by atoms with Crippen LogP contribution in [0.3, 0.4) is 0 Å². The van der Waals surface area contributed by atoms with Crippen LogP contribution in [0.5, 0.6) is 5.75 Å². The first-order valence-electron chi connectivity index (χ1n) is 9.42. The largest absolute Gasteiger partial charge is 0.487 e. The molecule has 0 spiro atoms. The number of benzene rings is 2. The van der Waals surface area contributed by atoms with E-state index < -0.39 is 21.7 Å². The molecule has 1 N–H and O–H groups in total. The van der Waals surface area contributed by atoms with Crippen molar-refractivity contribution in [3.8, 4) is 5.75 Å². The summed E-state index contributed by atoms with van der Waals surface area (Å²) in [4.78, 5) is 24.9. The molecule has 8 heteroatoms. The lowest BCUT2D eigenvalue weighted by Gasteiger charge is -2.37. The van der Waals surface area contributed by atoms with Gasteiger partial charge in [0.15, 0.2) is 0 Å². The molecular weight excluding hydrogens is 392 g/mol. The molecule has 0 aromatic heterocycles. The van der Waals surface area contributed by atoms with Crippen LogP contribution in [-0.2, 0) is 19.6 Å². The van der Waals surface area contributed by atoms with Crippen LogP contribution in [0.2, 0.25) is 0 Å². The molecule has 0 saturated carbocycles. The molecule has 2 aliphatic heterocycles. The predicted molar refractivity (Wildman–Crippen MR) is 107 cm³/mol. The molecule has 4 rings (SSSR count). The molecule has 0 bridgehead atoms. The van der Waals surface area contributed by atoms with Crippen molar-refractivity contribution in [2.24, 2.45) is 0 Å². The normalized spacial score (nSPS) is 21.0. The minimum atomic E-state index is -3.81. The summed E-state index contributed by atoms with van der Waals surface area (Å²) in [5.74, 6) is 0.118. The second kappa shape index (κ2) is 6.96. The summed E-state index contributed by atoms with van der Waals surface area (Å²) < 4.78 is 34.7. The molecule has 0 aliphatic carbocycles. The van der Waals surface area contributed by atoms with Crippen LogP contribution in [-0.4, -0.2) is 25.8 Å². The van der Waals surface area contributed by atoms with E-state index in [1.54, 1.807) is 0 Å². The SMILES string of the molecule is CC1(C)C[C@H](NS(=O)(=O)c2ccc(N3C(=O)CCC3=O)cc2)c2ccccc2O1. The second-order valence-electron chi connectivity index (χ2n) is 7.89. The number of ether oxygens (including phenoxy) is 1. The van der Waals surface area contributed by atoms with Crippen LogP contribution in [0, 0.1) is 0 Å². The fourth-order valence-corrected chi connectivity index (χ4v) is 5.02. The van der Waals surface area contributed by atoms with Crippen molar-refractivity contribution in [3.05, 3.63) is 54.1 Å².